The highest BCUT2D eigenvalue weighted by atomic mass is 32.2. The Kier molecular flexibility index (Phi) is 10.4. The first kappa shape index (κ1) is 27.2. The van der Waals surface area contributed by atoms with Crippen molar-refractivity contribution in [1.82, 2.24) is 15.3 Å². The summed E-state index contributed by atoms with van der Waals surface area (Å²) in [7, 11) is -3.79. The number of sulfonamides is 1. The number of carbonyl (C=O) groups is 2. The Balaban J connectivity index is 2.28. The van der Waals surface area contributed by atoms with Gasteiger partial charge in [-0.15, -0.1) is 4.41 Å². The topological polar surface area (TPSA) is 116 Å². The van der Waals surface area contributed by atoms with Gasteiger partial charge in [0.05, 0.1) is 24.6 Å². The van der Waals surface area contributed by atoms with E-state index in [2.05, 4.69) is 5.43 Å². The number of hydroxylamine groups is 1. The van der Waals surface area contributed by atoms with E-state index in [0.717, 1.165) is 16.2 Å². The van der Waals surface area contributed by atoms with Crippen LogP contribution in [-0.2, 0) is 26.2 Å². The van der Waals surface area contributed by atoms with Gasteiger partial charge in [-0.1, -0.05) is 86.7 Å². The number of nitrogens with one attached hydrogen (secondary N) is 2. The number of benzene rings is 2. The summed E-state index contributed by atoms with van der Waals surface area (Å²) in [4.78, 5) is 25.9. The molecule has 0 aromatic heterocycles. The van der Waals surface area contributed by atoms with Crippen molar-refractivity contribution in [3.63, 3.8) is 0 Å². The quantitative estimate of drug-likeness (QED) is 0.314. The number of hydrazine groups is 1. The Morgan fingerprint density at radius 3 is 2.09 bits per heavy atom. The lowest BCUT2D eigenvalue weighted by atomic mass is 9.82. The number of hydrogen-bond donors (Lipinski definition) is 3. The van der Waals surface area contributed by atoms with Gasteiger partial charge in [-0.2, -0.15) is 0 Å². The maximum absolute atomic E-state index is 13.3. The summed E-state index contributed by atoms with van der Waals surface area (Å²) in [5, 5.41) is 9.33. The number of nitrogens with zero attached hydrogens (tertiary/aromatic N) is 1. The first-order chi connectivity index (χ1) is 16.1. The zero-order valence-corrected chi connectivity index (χ0v) is 20.5. The molecular formula is C25H33N3O5S. The molecule has 9 heteroatoms. The number of hydrogen-bond acceptors (Lipinski definition) is 5. The van der Waals surface area contributed by atoms with Crippen LogP contribution in [0.2, 0.25) is 0 Å². The van der Waals surface area contributed by atoms with Crippen LogP contribution in [0.1, 0.15) is 37.8 Å². The highest BCUT2D eigenvalue weighted by Gasteiger charge is 2.35. The summed E-state index contributed by atoms with van der Waals surface area (Å²) in [5.74, 6) is -3.02. The molecule has 3 N–H and O–H groups in total. The summed E-state index contributed by atoms with van der Waals surface area (Å²) in [6.07, 6.45) is 5.12. The summed E-state index contributed by atoms with van der Waals surface area (Å²) < 4.78 is 25.7. The molecule has 0 heterocycles. The Labute approximate surface area is 201 Å². The lowest BCUT2D eigenvalue weighted by molar-refractivity contribution is -0.142. The number of allylic oxidation sites excluding steroid dienone is 1. The highest BCUT2D eigenvalue weighted by molar-refractivity contribution is 7.88. The third kappa shape index (κ3) is 8.74. The van der Waals surface area contributed by atoms with E-state index >= 15 is 0 Å². The Morgan fingerprint density at radius 2 is 1.56 bits per heavy atom. The van der Waals surface area contributed by atoms with Crippen molar-refractivity contribution < 1.29 is 23.2 Å². The fourth-order valence-electron chi connectivity index (χ4n) is 3.61. The van der Waals surface area contributed by atoms with E-state index in [0.29, 0.717) is 12.0 Å². The van der Waals surface area contributed by atoms with E-state index in [1.165, 1.54) is 0 Å². The molecular weight excluding hydrogens is 454 g/mol. The summed E-state index contributed by atoms with van der Waals surface area (Å²) in [6, 6.07) is 18.4. The molecule has 0 bridgehead atoms. The van der Waals surface area contributed by atoms with E-state index in [4.69, 9.17) is 0 Å². The molecule has 0 aliphatic heterocycles. The fourth-order valence-corrected chi connectivity index (χ4v) is 4.25. The minimum Gasteiger partial charge on any atom is -0.289 e. The van der Waals surface area contributed by atoms with Gasteiger partial charge >= 0.3 is 0 Å². The average molecular weight is 488 g/mol. The molecule has 0 aliphatic carbocycles. The van der Waals surface area contributed by atoms with Crippen molar-refractivity contribution >= 4 is 27.9 Å². The van der Waals surface area contributed by atoms with Gasteiger partial charge in [-0.05, 0) is 29.9 Å². The van der Waals surface area contributed by atoms with Crippen LogP contribution in [0.4, 0.5) is 0 Å². The normalized spacial score (nSPS) is 13.7. The van der Waals surface area contributed by atoms with E-state index in [9.17, 15) is 23.2 Å². The first-order valence-electron chi connectivity index (χ1n) is 11.1. The van der Waals surface area contributed by atoms with Gasteiger partial charge in [0.15, 0.2) is 0 Å². The Morgan fingerprint density at radius 1 is 0.971 bits per heavy atom. The fraction of sp³-hybridized carbons (Fsp3) is 0.360. The number of amides is 2. The van der Waals surface area contributed by atoms with Crippen LogP contribution in [-0.4, -0.2) is 36.1 Å². The summed E-state index contributed by atoms with van der Waals surface area (Å²) >= 11 is 0. The predicted molar refractivity (Wildman–Crippen MR) is 131 cm³/mol. The van der Waals surface area contributed by atoms with Crippen LogP contribution in [0.15, 0.2) is 66.7 Å². The molecule has 184 valence electrons. The van der Waals surface area contributed by atoms with Crippen LogP contribution in [0.3, 0.4) is 0 Å². The smallest absolute Gasteiger partial charge is 0.247 e. The van der Waals surface area contributed by atoms with E-state index in [1.54, 1.807) is 35.8 Å². The van der Waals surface area contributed by atoms with Gasteiger partial charge in [-0.25, -0.2) is 13.9 Å². The van der Waals surface area contributed by atoms with Crippen molar-refractivity contribution in [3.8, 4) is 0 Å². The zero-order valence-electron chi connectivity index (χ0n) is 19.7. The minimum atomic E-state index is -3.79. The number of rotatable bonds is 12. The zero-order chi connectivity index (χ0) is 25.1. The summed E-state index contributed by atoms with van der Waals surface area (Å²) in [6.45, 7) is 3.77. The van der Waals surface area contributed by atoms with Gasteiger partial charge in [-0.3, -0.25) is 20.2 Å². The van der Waals surface area contributed by atoms with Crippen LogP contribution < -0.4 is 10.9 Å². The van der Waals surface area contributed by atoms with Crippen molar-refractivity contribution in [2.75, 3.05) is 6.26 Å². The Bertz CT molecular complexity index is 1060. The highest BCUT2D eigenvalue weighted by Crippen LogP contribution is 2.26. The molecule has 34 heavy (non-hydrogen) atoms. The molecule has 2 amide bonds. The van der Waals surface area contributed by atoms with Crippen molar-refractivity contribution in [2.45, 2.75) is 33.2 Å². The molecule has 2 atom stereocenters. The second kappa shape index (κ2) is 13.0. The van der Waals surface area contributed by atoms with Gasteiger partial charge in [0.2, 0.25) is 21.8 Å². The van der Waals surface area contributed by atoms with Crippen molar-refractivity contribution in [3.05, 3.63) is 77.9 Å². The predicted octanol–water partition coefficient (Wildman–Crippen LogP) is 3.37. The standard InChI is InChI=1S/C25H33N3O5S/c1-19(2)17-23(22(25(30)27-31)16-10-15-20-11-6-4-7-12-20)24(29)26-28(34(3,32)33)18-21-13-8-5-9-14-21/h4-15,19,22-23,31H,16-18H2,1-3H3,(H,26,29)(H,27,30)/b15-10+/t22-,23+/m0/s1. The third-order valence-electron chi connectivity index (χ3n) is 5.30. The molecule has 0 saturated heterocycles. The SMILES string of the molecule is CC(C)C[C@@H](C(=O)NN(Cc1ccccc1)S(C)(=O)=O)[C@H](C/C=C/c1ccccc1)C(=O)NO. The van der Waals surface area contributed by atoms with Crippen LogP contribution in [0, 0.1) is 17.8 Å². The maximum atomic E-state index is 13.3. The molecule has 2 aromatic carbocycles. The van der Waals surface area contributed by atoms with Crippen LogP contribution in [0.25, 0.3) is 6.08 Å². The van der Waals surface area contributed by atoms with Crippen molar-refractivity contribution in [1.29, 1.82) is 0 Å². The van der Waals surface area contributed by atoms with Crippen LogP contribution >= 0.6 is 0 Å². The second-order valence-electron chi connectivity index (χ2n) is 8.60. The second-order valence-corrected chi connectivity index (χ2v) is 10.5. The monoisotopic (exact) mass is 487 g/mol. The first-order valence-corrected chi connectivity index (χ1v) is 12.9. The molecule has 0 aliphatic rings. The van der Waals surface area contributed by atoms with Gasteiger partial charge < -0.3 is 0 Å². The van der Waals surface area contributed by atoms with E-state index in [1.807, 2.05) is 56.3 Å². The maximum Gasteiger partial charge on any atom is 0.247 e. The van der Waals surface area contributed by atoms with E-state index < -0.39 is 33.7 Å². The molecule has 0 unspecified atom stereocenters. The minimum absolute atomic E-state index is 0.0450. The molecule has 8 nitrogen and oxygen atoms in total. The largest absolute Gasteiger partial charge is 0.289 e. The average Bonchev–Trinajstić information content (AvgIpc) is 2.80. The van der Waals surface area contributed by atoms with Gasteiger partial charge in [0, 0.05) is 0 Å². The molecule has 0 saturated carbocycles. The number of carbonyl (C=O) groups excluding carboxylic acids is 2. The Hall–Kier alpha value is -3.01. The van der Waals surface area contributed by atoms with Crippen LogP contribution in [0.5, 0.6) is 0 Å². The molecule has 0 fully saturated rings. The lowest BCUT2D eigenvalue weighted by Gasteiger charge is -2.28. The third-order valence-corrected chi connectivity index (χ3v) is 6.32. The van der Waals surface area contributed by atoms with Crippen molar-refractivity contribution in [2.24, 2.45) is 17.8 Å². The van der Waals surface area contributed by atoms with Gasteiger partial charge in [0.1, 0.15) is 0 Å². The lowest BCUT2D eigenvalue weighted by Crippen LogP contribution is -2.50. The molecule has 0 radical (unpaired) electrons. The molecule has 2 aromatic rings. The van der Waals surface area contributed by atoms with Gasteiger partial charge in [0.25, 0.3) is 0 Å². The van der Waals surface area contributed by atoms with E-state index in [-0.39, 0.29) is 18.9 Å². The molecule has 2 rings (SSSR count). The molecule has 0 spiro atoms. The summed E-state index contributed by atoms with van der Waals surface area (Å²) in [5.41, 5.74) is 5.79.